The summed E-state index contributed by atoms with van der Waals surface area (Å²) in [6.07, 6.45) is 50.0. The summed E-state index contributed by atoms with van der Waals surface area (Å²) in [6, 6.07) is 0. The average Bonchev–Trinajstić information content (AvgIpc) is 1.63. The van der Waals surface area contributed by atoms with Crippen molar-refractivity contribution in [2.45, 2.75) is 401 Å². The number of hydrogen-bond donors (Lipinski definition) is 3. The number of carbonyl (C=O) groups excluding carboxylic acids is 4. The molecule has 3 N–H and O–H groups in total. The Labute approximate surface area is 581 Å². The fourth-order valence-electron chi connectivity index (χ4n) is 11.5. The van der Waals surface area contributed by atoms with E-state index in [9.17, 15) is 43.2 Å². The van der Waals surface area contributed by atoms with Crippen LogP contribution in [-0.2, 0) is 65.4 Å². The lowest BCUT2D eigenvalue weighted by atomic mass is 9.99. The molecule has 0 radical (unpaired) electrons. The SMILES string of the molecule is CCC(C)CCCCCCCCCCCCCCCCC(=O)O[C@H](COC(=O)CCCCCCCCC(C)C)COP(=O)(O)OC[C@H](O)COP(=O)(O)OC[C@@H](COC(=O)CCCCCCCCCCCCCCC(C)C)OC(=O)CCCCCCCCCCCCC(C)C. The summed E-state index contributed by atoms with van der Waals surface area (Å²) in [5.41, 5.74) is 0. The van der Waals surface area contributed by atoms with Crippen molar-refractivity contribution in [2.24, 2.45) is 23.7 Å². The minimum atomic E-state index is -4.96. The molecule has 0 heterocycles. The van der Waals surface area contributed by atoms with Crippen LogP contribution in [0.25, 0.3) is 0 Å². The summed E-state index contributed by atoms with van der Waals surface area (Å²) >= 11 is 0. The van der Waals surface area contributed by atoms with Gasteiger partial charge in [0.05, 0.1) is 26.4 Å². The zero-order valence-corrected chi connectivity index (χ0v) is 64.1. The van der Waals surface area contributed by atoms with Gasteiger partial charge in [0, 0.05) is 25.7 Å². The van der Waals surface area contributed by atoms with Crippen LogP contribution in [-0.4, -0.2) is 96.7 Å². The summed E-state index contributed by atoms with van der Waals surface area (Å²) in [5.74, 6) is 0.937. The number of esters is 4. The number of phosphoric acid groups is 2. The van der Waals surface area contributed by atoms with Crippen molar-refractivity contribution in [2.75, 3.05) is 39.6 Å². The van der Waals surface area contributed by atoms with Crippen LogP contribution in [0.3, 0.4) is 0 Å². The molecule has 0 aliphatic heterocycles. The molecule has 0 fully saturated rings. The number of unbranched alkanes of at least 4 members (excludes halogenated alkanes) is 38. The first kappa shape index (κ1) is 93.1. The molecule has 0 aromatic rings. The second-order valence-electron chi connectivity index (χ2n) is 29.1. The quantitative estimate of drug-likeness (QED) is 0.0222. The maximum absolute atomic E-state index is 13.1. The Morgan fingerprint density at radius 1 is 0.295 bits per heavy atom. The van der Waals surface area contributed by atoms with Gasteiger partial charge in [0.15, 0.2) is 12.2 Å². The molecule has 0 aromatic carbocycles. The number of phosphoric ester groups is 2. The zero-order chi connectivity index (χ0) is 70.3. The topological polar surface area (TPSA) is 237 Å². The number of aliphatic hydroxyl groups is 1. The fourth-order valence-corrected chi connectivity index (χ4v) is 13.1. The zero-order valence-electron chi connectivity index (χ0n) is 62.3. The largest absolute Gasteiger partial charge is 0.472 e. The van der Waals surface area contributed by atoms with E-state index in [1.807, 2.05) is 0 Å². The molecule has 3 unspecified atom stereocenters. The second-order valence-corrected chi connectivity index (χ2v) is 32.0. The van der Waals surface area contributed by atoms with Crippen molar-refractivity contribution < 1.29 is 80.2 Å². The van der Waals surface area contributed by atoms with Crippen LogP contribution in [0, 0.1) is 23.7 Å². The third-order valence-electron chi connectivity index (χ3n) is 17.9. The number of rotatable bonds is 73. The predicted octanol–water partition coefficient (Wildman–Crippen LogP) is 22.0. The lowest BCUT2D eigenvalue weighted by Crippen LogP contribution is -2.30. The van der Waals surface area contributed by atoms with Crippen molar-refractivity contribution in [1.29, 1.82) is 0 Å². The van der Waals surface area contributed by atoms with Crippen LogP contribution in [0.15, 0.2) is 0 Å². The van der Waals surface area contributed by atoms with E-state index in [1.165, 1.54) is 180 Å². The molecule has 17 nitrogen and oxygen atoms in total. The average molecular weight is 1400 g/mol. The van der Waals surface area contributed by atoms with Gasteiger partial charge in [-0.05, 0) is 49.4 Å². The highest BCUT2D eigenvalue weighted by Crippen LogP contribution is 2.45. The first-order valence-electron chi connectivity index (χ1n) is 39.2. The van der Waals surface area contributed by atoms with Crippen LogP contribution in [0.4, 0.5) is 0 Å². The van der Waals surface area contributed by atoms with Crippen molar-refractivity contribution in [3.05, 3.63) is 0 Å². The minimum absolute atomic E-state index is 0.105. The molecule has 19 heteroatoms. The standard InChI is InChI=1S/C76H148O17P2/c1-9-69(8)55-47-39-30-24-17-12-10-11-13-19-26-32-42-50-58-75(80)93-72(63-87-74(79)57-49-41-35-34-38-46-54-68(6)7)65-91-95(84,85)89-61-70(77)60-88-94(82,83)90-64-71(92-76(81)59-51-43-33-27-21-20-23-29-37-45-53-67(4)5)62-86-73(78)56-48-40-31-25-18-15-14-16-22-28-36-44-52-66(2)3/h66-72,77H,9-65H2,1-8H3,(H,82,83)(H,84,85)/t69?,70-,71-,72-/m1/s1. The first-order chi connectivity index (χ1) is 45.6. The smallest absolute Gasteiger partial charge is 0.462 e. The summed E-state index contributed by atoms with van der Waals surface area (Å²) < 4.78 is 68.5. The first-order valence-corrected chi connectivity index (χ1v) is 42.2. The number of ether oxygens (including phenoxy) is 4. The molecule has 0 spiro atoms. The summed E-state index contributed by atoms with van der Waals surface area (Å²) in [5, 5.41) is 10.6. The van der Waals surface area contributed by atoms with Crippen LogP contribution < -0.4 is 0 Å². The molecule has 0 saturated heterocycles. The Morgan fingerprint density at radius 3 is 0.747 bits per heavy atom. The summed E-state index contributed by atoms with van der Waals surface area (Å²) in [7, 11) is -9.91. The van der Waals surface area contributed by atoms with E-state index in [4.69, 9.17) is 37.0 Å². The Bertz CT molecular complexity index is 1870. The van der Waals surface area contributed by atoms with Gasteiger partial charge in [0.25, 0.3) is 0 Å². The normalized spacial score (nSPS) is 14.4. The van der Waals surface area contributed by atoms with Crippen molar-refractivity contribution in [3.8, 4) is 0 Å². The molecule has 0 rings (SSSR count). The van der Waals surface area contributed by atoms with E-state index in [0.717, 1.165) is 114 Å². The van der Waals surface area contributed by atoms with Gasteiger partial charge in [0.2, 0.25) is 0 Å². The van der Waals surface area contributed by atoms with Gasteiger partial charge >= 0.3 is 39.5 Å². The van der Waals surface area contributed by atoms with Crippen LogP contribution in [0.5, 0.6) is 0 Å². The Hall–Kier alpha value is -1.94. The Morgan fingerprint density at radius 2 is 0.505 bits per heavy atom. The van der Waals surface area contributed by atoms with Gasteiger partial charge in [0.1, 0.15) is 19.3 Å². The molecule has 0 aliphatic rings. The molecule has 6 atom stereocenters. The van der Waals surface area contributed by atoms with E-state index in [2.05, 4.69) is 55.4 Å². The van der Waals surface area contributed by atoms with E-state index in [1.54, 1.807) is 0 Å². The van der Waals surface area contributed by atoms with Gasteiger partial charge < -0.3 is 33.8 Å². The lowest BCUT2D eigenvalue weighted by molar-refractivity contribution is -0.161. The third kappa shape index (κ3) is 69.0. The Kier molecular flexibility index (Phi) is 64.0. The molecule has 564 valence electrons. The van der Waals surface area contributed by atoms with E-state index in [-0.39, 0.29) is 25.7 Å². The van der Waals surface area contributed by atoms with Gasteiger partial charge in [-0.15, -0.1) is 0 Å². The maximum atomic E-state index is 13.1. The van der Waals surface area contributed by atoms with Gasteiger partial charge in [-0.2, -0.15) is 0 Å². The van der Waals surface area contributed by atoms with Crippen LogP contribution in [0.1, 0.15) is 383 Å². The highest BCUT2D eigenvalue weighted by molar-refractivity contribution is 7.47. The van der Waals surface area contributed by atoms with Crippen molar-refractivity contribution >= 4 is 39.5 Å². The summed E-state index contributed by atoms with van der Waals surface area (Å²) in [4.78, 5) is 72.8. The maximum Gasteiger partial charge on any atom is 0.472 e. The molecule has 0 aliphatic carbocycles. The van der Waals surface area contributed by atoms with Crippen LogP contribution in [0.2, 0.25) is 0 Å². The number of aliphatic hydroxyl groups excluding tert-OH is 1. The molecule has 95 heavy (non-hydrogen) atoms. The molecule has 0 saturated carbocycles. The second kappa shape index (κ2) is 65.4. The highest BCUT2D eigenvalue weighted by Gasteiger charge is 2.30. The third-order valence-corrected chi connectivity index (χ3v) is 19.8. The van der Waals surface area contributed by atoms with Gasteiger partial charge in [-0.1, -0.05) is 331 Å². The van der Waals surface area contributed by atoms with Crippen molar-refractivity contribution in [1.82, 2.24) is 0 Å². The monoisotopic (exact) mass is 1400 g/mol. The van der Waals surface area contributed by atoms with Gasteiger partial charge in [-0.25, -0.2) is 9.13 Å². The lowest BCUT2D eigenvalue weighted by Gasteiger charge is -2.21. The highest BCUT2D eigenvalue weighted by atomic mass is 31.2. The summed E-state index contributed by atoms with van der Waals surface area (Å²) in [6.45, 7) is 14.2. The minimum Gasteiger partial charge on any atom is -0.462 e. The molecule has 0 bridgehead atoms. The van der Waals surface area contributed by atoms with E-state index < -0.39 is 97.5 Å². The molecule has 0 amide bonds. The number of carbonyl (C=O) groups is 4. The van der Waals surface area contributed by atoms with E-state index in [0.29, 0.717) is 31.6 Å². The van der Waals surface area contributed by atoms with Crippen molar-refractivity contribution in [3.63, 3.8) is 0 Å². The van der Waals surface area contributed by atoms with Gasteiger partial charge in [-0.3, -0.25) is 37.3 Å². The molecular formula is C76H148O17P2. The van der Waals surface area contributed by atoms with Crippen LogP contribution >= 0.6 is 15.6 Å². The number of hydrogen-bond acceptors (Lipinski definition) is 15. The molecular weight excluding hydrogens is 1250 g/mol. The fraction of sp³-hybridized carbons (Fsp3) is 0.947. The van der Waals surface area contributed by atoms with E-state index >= 15 is 0 Å². The predicted molar refractivity (Wildman–Crippen MR) is 386 cm³/mol. The Balaban J connectivity index is 5.22. The molecule has 0 aromatic heterocycles.